The van der Waals surface area contributed by atoms with E-state index in [-0.39, 0.29) is 6.61 Å². The summed E-state index contributed by atoms with van der Waals surface area (Å²) in [6, 6.07) is 4.90. The molecule has 7 heteroatoms. The van der Waals surface area contributed by atoms with Crippen LogP contribution in [0, 0.1) is 0 Å². The van der Waals surface area contributed by atoms with Crippen molar-refractivity contribution in [2.75, 3.05) is 6.61 Å². The summed E-state index contributed by atoms with van der Waals surface area (Å²) in [6.07, 6.45) is 2.99. The molecule has 2 rings (SSSR count). The van der Waals surface area contributed by atoms with Crippen molar-refractivity contribution in [3.8, 4) is 0 Å². The Kier molecular flexibility index (Phi) is 4.33. The molecular weight excluding hydrogens is 321 g/mol. The summed E-state index contributed by atoms with van der Waals surface area (Å²) in [6.45, 7) is 0.703. The van der Waals surface area contributed by atoms with Gasteiger partial charge in [0.25, 0.3) is 0 Å². The number of nitrogens with zero attached hydrogens (tertiary/aromatic N) is 3. The molecule has 0 fully saturated rings. The molecule has 0 saturated heterocycles. The minimum absolute atomic E-state index is 0.233. The fourth-order valence-corrected chi connectivity index (χ4v) is 2.16. The first kappa shape index (κ1) is 13.0. The lowest BCUT2D eigenvalue weighted by Crippen LogP contribution is -2.12. The van der Waals surface area contributed by atoms with E-state index in [1.165, 1.54) is 6.33 Å². The summed E-state index contributed by atoms with van der Waals surface area (Å²) < 4.78 is 7.32. The molecule has 2 aromatic rings. The van der Waals surface area contributed by atoms with Gasteiger partial charge in [-0.3, -0.25) is 0 Å². The minimum Gasteiger partial charge on any atom is -0.460 e. The molecule has 5 nitrogen and oxygen atoms in total. The highest BCUT2D eigenvalue weighted by molar-refractivity contribution is 9.10. The lowest BCUT2D eigenvalue weighted by molar-refractivity contribution is 0.0486. The molecule has 0 unspecified atom stereocenters. The highest BCUT2D eigenvalue weighted by atomic mass is 79.9. The van der Waals surface area contributed by atoms with Crippen molar-refractivity contribution >= 4 is 33.5 Å². The number of halogens is 2. The van der Waals surface area contributed by atoms with Gasteiger partial charge in [0.15, 0.2) is 0 Å². The van der Waals surface area contributed by atoms with E-state index in [1.807, 2.05) is 0 Å². The van der Waals surface area contributed by atoms with Gasteiger partial charge >= 0.3 is 5.97 Å². The fraction of sp³-hybridized carbons (Fsp3) is 0.182. The first-order valence-corrected chi connectivity index (χ1v) is 6.28. The Morgan fingerprint density at radius 2 is 2.33 bits per heavy atom. The van der Waals surface area contributed by atoms with Crippen LogP contribution >= 0.6 is 27.5 Å². The first-order chi connectivity index (χ1) is 8.66. The average molecular weight is 331 g/mol. The van der Waals surface area contributed by atoms with E-state index < -0.39 is 5.97 Å². The number of carbonyl (C=O) groups is 1. The number of hydrogen-bond donors (Lipinski definition) is 0. The predicted octanol–water partition coefficient (Wildman–Crippen LogP) is 2.55. The van der Waals surface area contributed by atoms with Gasteiger partial charge in [-0.05, 0) is 34.1 Å². The minimum atomic E-state index is -0.404. The van der Waals surface area contributed by atoms with Crippen molar-refractivity contribution in [1.82, 2.24) is 14.8 Å². The number of hydrogen-bond acceptors (Lipinski definition) is 4. The summed E-state index contributed by atoms with van der Waals surface area (Å²) in [4.78, 5) is 15.6. The molecule has 94 valence electrons. The number of ether oxygens (including phenoxy) is 1. The molecule has 0 aliphatic heterocycles. The molecule has 1 aromatic heterocycles. The van der Waals surface area contributed by atoms with Gasteiger partial charge in [0.1, 0.15) is 19.3 Å². The van der Waals surface area contributed by atoms with E-state index in [1.54, 1.807) is 29.2 Å². The van der Waals surface area contributed by atoms with Gasteiger partial charge in [-0.2, -0.15) is 5.10 Å². The third-order valence-electron chi connectivity index (χ3n) is 2.17. The van der Waals surface area contributed by atoms with Crippen LogP contribution in [-0.2, 0) is 11.3 Å². The zero-order valence-electron chi connectivity index (χ0n) is 9.22. The summed E-state index contributed by atoms with van der Waals surface area (Å²) >= 11 is 9.06. The number of aromatic nitrogens is 3. The van der Waals surface area contributed by atoms with Crippen LogP contribution in [0.15, 0.2) is 35.3 Å². The fourth-order valence-electron chi connectivity index (χ4n) is 1.31. The Labute approximate surface area is 117 Å². The van der Waals surface area contributed by atoms with Crippen LogP contribution < -0.4 is 0 Å². The SMILES string of the molecule is O=C(OCCn1cncn1)c1ccc(Cl)cc1Br. The number of carbonyl (C=O) groups excluding carboxylic acids is 1. The van der Waals surface area contributed by atoms with E-state index in [0.717, 1.165) is 0 Å². The Balaban J connectivity index is 1.91. The van der Waals surface area contributed by atoms with Crippen LogP contribution in [0.1, 0.15) is 10.4 Å². The summed E-state index contributed by atoms with van der Waals surface area (Å²) in [7, 11) is 0. The second kappa shape index (κ2) is 5.97. The average Bonchev–Trinajstić information content (AvgIpc) is 2.81. The Bertz CT molecular complexity index is 545. The van der Waals surface area contributed by atoms with Crippen molar-refractivity contribution in [1.29, 1.82) is 0 Å². The van der Waals surface area contributed by atoms with E-state index in [4.69, 9.17) is 16.3 Å². The predicted molar refractivity (Wildman–Crippen MR) is 69.5 cm³/mol. The van der Waals surface area contributed by atoms with E-state index in [2.05, 4.69) is 26.0 Å². The molecule has 18 heavy (non-hydrogen) atoms. The first-order valence-electron chi connectivity index (χ1n) is 5.11. The standard InChI is InChI=1S/C11H9BrClN3O2/c12-10-5-8(13)1-2-9(10)11(17)18-4-3-16-7-14-6-15-16/h1-2,5-7H,3-4H2. The van der Waals surface area contributed by atoms with Crippen molar-refractivity contribution in [2.24, 2.45) is 0 Å². The van der Waals surface area contributed by atoms with Gasteiger partial charge in [0, 0.05) is 9.50 Å². The molecular formula is C11H9BrClN3O2. The maximum Gasteiger partial charge on any atom is 0.339 e. The summed E-state index contributed by atoms with van der Waals surface area (Å²) in [5.41, 5.74) is 0.443. The largest absolute Gasteiger partial charge is 0.460 e. The Hall–Kier alpha value is -1.40. The molecule has 1 heterocycles. The van der Waals surface area contributed by atoms with Crippen molar-refractivity contribution in [3.63, 3.8) is 0 Å². The molecule has 0 bridgehead atoms. The van der Waals surface area contributed by atoms with Crippen LogP contribution in [0.5, 0.6) is 0 Å². The molecule has 0 aliphatic carbocycles. The van der Waals surface area contributed by atoms with Gasteiger partial charge in [0.2, 0.25) is 0 Å². The van der Waals surface area contributed by atoms with Crippen molar-refractivity contribution in [3.05, 3.63) is 45.9 Å². The lowest BCUT2D eigenvalue weighted by Gasteiger charge is -2.06. The van der Waals surface area contributed by atoms with E-state index >= 15 is 0 Å². The molecule has 0 saturated carbocycles. The molecule has 0 N–H and O–H groups in total. The van der Waals surface area contributed by atoms with Crippen LogP contribution in [0.2, 0.25) is 5.02 Å². The van der Waals surface area contributed by atoms with E-state index in [0.29, 0.717) is 21.6 Å². The smallest absolute Gasteiger partial charge is 0.339 e. The zero-order chi connectivity index (χ0) is 13.0. The quantitative estimate of drug-likeness (QED) is 0.809. The zero-order valence-corrected chi connectivity index (χ0v) is 11.6. The molecule has 0 atom stereocenters. The second-order valence-electron chi connectivity index (χ2n) is 3.42. The number of esters is 1. The summed E-state index contributed by atoms with van der Waals surface area (Å²) in [5.74, 6) is -0.404. The van der Waals surface area contributed by atoms with Gasteiger partial charge in [-0.25, -0.2) is 14.5 Å². The van der Waals surface area contributed by atoms with Gasteiger partial charge in [-0.15, -0.1) is 0 Å². The highest BCUT2D eigenvalue weighted by Crippen LogP contribution is 2.22. The normalized spacial score (nSPS) is 10.3. The second-order valence-corrected chi connectivity index (χ2v) is 4.71. The van der Waals surface area contributed by atoms with Gasteiger partial charge in [0.05, 0.1) is 12.1 Å². The van der Waals surface area contributed by atoms with Crippen LogP contribution in [0.25, 0.3) is 0 Å². The van der Waals surface area contributed by atoms with E-state index in [9.17, 15) is 4.79 Å². The van der Waals surface area contributed by atoms with Crippen LogP contribution in [-0.4, -0.2) is 27.3 Å². The van der Waals surface area contributed by atoms with Crippen molar-refractivity contribution in [2.45, 2.75) is 6.54 Å². The molecule has 1 aromatic carbocycles. The maximum atomic E-state index is 11.8. The lowest BCUT2D eigenvalue weighted by atomic mass is 10.2. The molecule has 0 spiro atoms. The topological polar surface area (TPSA) is 57.0 Å². The number of rotatable bonds is 4. The molecule has 0 amide bonds. The van der Waals surface area contributed by atoms with Gasteiger partial charge in [-0.1, -0.05) is 11.6 Å². The van der Waals surface area contributed by atoms with Gasteiger partial charge < -0.3 is 4.74 Å². The van der Waals surface area contributed by atoms with Crippen LogP contribution in [0.3, 0.4) is 0 Å². The molecule has 0 aliphatic rings. The van der Waals surface area contributed by atoms with Crippen molar-refractivity contribution < 1.29 is 9.53 Å². The maximum absolute atomic E-state index is 11.8. The third-order valence-corrected chi connectivity index (χ3v) is 3.06. The Morgan fingerprint density at radius 1 is 1.50 bits per heavy atom. The monoisotopic (exact) mass is 329 g/mol. The molecule has 0 radical (unpaired) electrons. The Morgan fingerprint density at radius 3 is 3.00 bits per heavy atom. The third kappa shape index (κ3) is 3.30. The summed E-state index contributed by atoms with van der Waals surface area (Å²) in [5, 5.41) is 4.46. The van der Waals surface area contributed by atoms with Crippen LogP contribution in [0.4, 0.5) is 0 Å². The highest BCUT2D eigenvalue weighted by Gasteiger charge is 2.11. The number of benzene rings is 1.